The molecule has 1 N–H and O–H groups in total. The van der Waals surface area contributed by atoms with Gasteiger partial charge in [0.05, 0.1) is 6.10 Å². The molecule has 0 aliphatic heterocycles. The molecular formula is C12H20O3. The fourth-order valence-electron chi connectivity index (χ4n) is 3.25. The Hall–Kier alpha value is -0.570. The van der Waals surface area contributed by atoms with E-state index in [1.54, 1.807) is 0 Å². The Morgan fingerprint density at radius 2 is 1.80 bits per heavy atom. The van der Waals surface area contributed by atoms with Crippen LogP contribution in [0, 0.1) is 11.8 Å². The summed E-state index contributed by atoms with van der Waals surface area (Å²) in [6, 6.07) is 0. The normalized spacial score (nSPS) is 40.7. The van der Waals surface area contributed by atoms with Gasteiger partial charge in [-0.1, -0.05) is 12.8 Å². The largest absolute Gasteiger partial charge is 0.462 e. The molecular weight excluding hydrogens is 192 g/mol. The lowest BCUT2D eigenvalue weighted by molar-refractivity contribution is -0.158. The molecule has 86 valence electrons. The second kappa shape index (κ2) is 4.52. The van der Waals surface area contributed by atoms with E-state index in [2.05, 4.69) is 0 Å². The maximum Gasteiger partial charge on any atom is 0.302 e. The van der Waals surface area contributed by atoms with Gasteiger partial charge < -0.3 is 9.84 Å². The summed E-state index contributed by atoms with van der Waals surface area (Å²) in [7, 11) is 0. The van der Waals surface area contributed by atoms with Crippen LogP contribution in [-0.2, 0) is 9.53 Å². The van der Waals surface area contributed by atoms with Gasteiger partial charge in [-0.15, -0.1) is 0 Å². The SMILES string of the molecule is CC(=O)O[C@H]1CC[C@@H](O)C2CCCCC21. The van der Waals surface area contributed by atoms with Crippen LogP contribution in [-0.4, -0.2) is 23.3 Å². The number of hydrogen-bond donors (Lipinski definition) is 1. The maximum absolute atomic E-state index is 11.0. The third-order valence-corrected chi connectivity index (χ3v) is 3.91. The van der Waals surface area contributed by atoms with E-state index >= 15 is 0 Å². The zero-order valence-electron chi connectivity index (χ0n) is 9.32. The monoisotopic (exact) mass is 212 g/mol. The number of aliphatic hydroxyl groups is 1. The first-order valence-corrected chi connectivity index (χ1v) is 6.04. The predicted octanol–water partition coefficient (Wildman–Crippen LogP) is 1.88. The van der Waals surface area contributed by atoms with Crippen LogP contribution >= 0.6 is 0 Å². The van der Waals surface area contributed by atoms with Crippen molar-refractivity contribution < 1.29 is 14.6 Å². The number of ether oxygens (including phenoxy) is 1. The summed E-state index contributed by atoms with van der Waals surface area (Å²) in [5.41, 5.74) is 0. The van der Waals surface area contributed by atoms with E-state index in [9.17, 15) is 9.90 Å². The minimum atomic E-state index is -0.180. The van der Waals surface area contributed by atoms with Crippen molar-refractivity contribution in [1.82, 2.24) is 0 Å². The average Bonchev–Trinajstić information content (AvgIpc) is 2.22. The summed E-state index contributed by atoms with van der Waals surface area (Å²) in [6.07, 6.45) is 6.17. The molecule has 0 radical (unpaired) electrons. The highest BCUT2D eigenvalue weighted by Gasteiger charge is 2.41. The van der Waals surface area contributed by atoms with Crippen LogP contribution < -0.4 is 0 Å². The van der Waals surface area contributed by atoms with E-state index in [-0.39, 0.29) is 18.2 Å². The van der Waals surface area contributed by atoms with Gasteiger partial charge in [-0.3, -0.25) is 4.79 Å². The van der Waals surface area contributed by atoms with Crippen molar-refractivity contribution in [3.8, 4) is 0 Å². The van der Waals surface area contributed by atoms with Crippen molar-refractivity contribution >= 4 is 5.97 Å². The fraction of sp³-hybridized carbons (Fsp3) is 0.917. The van der Waals surface area contributed by atoms with E-state index in [1.165, 1.54) is 19.8 Å². The standard InChI is InChI=1S/C12H20O3/c1-8(13)15-12-7-6-11(14)9-4-2-3-5-10(9)12/h9-12,14H,2-7H2,1H3/t9?,10?,11-,12+/m1/s1. The summed E-state index contributed by atoms with van der Waals surface area (Å²) >= 11 is 0. The molecule has 2 rings (SSSR count). The number of rotatable bonds is 1. The van der Waals surface area contributed by atoms with Crippen LogP contribution in [0.1, 0.15) is 45.4 Å². The number of esters is 1. The third kappa shape index (κ3) is 2.33. The smallest absolute Gasteiger partial charge is 0.302 e. The van der Waals surface area contributed by atoms with Gasteiger partial charge in [0.25, 0.3) is 0 Å². The van der Waals surface area contributed by atoms with Crippen LogP contribution in [0.3, 0.4) is 0 Å². The van der Waals surface area contributed by atoms with E-state index < -0.39 is 0 Å². The van der Waals surface area contributed by atoms with Crippen molar-refractivity contribution in [2.45, 2.75) is 57.7 Å². The quantitative estimate of drug-likeness (QED) is 0.675. The van der Waals surface area contributed by atoms with Gasteiger partial charge in [-0.25, -0.2) is 0 Å². The molecule has 0 heterocycles. The molecule has 3 nitrogen and oxygen atoms in total. The van der Waals surface area contributed by atoms with Gasteiger partial charge in [0, 0.05) is 12.8 Å². The van der Waals surface area contributed by atoms with Crippen molar-refractivity contribution in [2.24, 2.45) is 11.8 Å². The molecule has 2 aliphatic rings. The van der Waals surface area contributed by atoms with Crippen LogP contribution in [0.4, 0.5) is 0 Å². The predicted molar refractivity (Wildman–Crippen MR) is 56.2 cm³/mol. The zero-order valence-corrected chi connectivity index (χ0v) is 9.32. The van der Waals surface area contributed by atoms with Crippen LogP contribution in [0.15, 0.2) is 0 Å². The first kappa shape index (κ1) is 10.9. The first-order valence-electron chi connectivity index (χ1n) is 6.04. The highest BCUT2D eigenvalue weighted by atomic mass is 16.5. The lowest BCUT2D eigenvalue weighted by Crippen LogP contribution is -2.44. The molecule has 0 aromatic rings. The highest BCUT2D eigenvalue weighted by molar-refractivity contribution is 5.66. The summed E-state index contributed by atoms with van der Waals surface area (Å²) in [5, 5.41) is 9.92. The number of fused-ring (bicyclic) bond motifs is 1. The Kier molecular flexibility index (Phi) is 3.29. The zero-order chi connectivity index (χ0) is 10.8. The van der Waals surface area contributed by atoms with Gasteiger partial charge in [0.1, 0.15) is 6.10 Å². The summed E-state index contributed by atoms with van der Waals surface area (Å²) < 4.78 is 5.36. The summed E-state index contributed by atoms with van der Waals surface area (Å²) in [4.78, 5) is 11.0. The Morgan fingerprint density at radius 1 is 1.13 bits per heavy atom. The molecule has 0 bridgehead atoms. The number of aliphatic hydroxyl groups excluding tert-OH is 1. The molecule has 0 spiro atoms. The number of carbonyl (C=O) groups is 1. The van der Waals surface area contributed by atoms with Gasteiger partial charge in [-0.05, 0) is 31.6 Å². The van der Waals surface area contributed by atoms with E-state index in [0.717, 1.165) is 25.7 Å². The molecule has 3 heteroatoms. The minimum Gasteiger partial charge on any atom is -0.462 e. The third-order valence-electron chi connectivity index (χ3n) is 3.91. The average molecular weight is 212 g/mol. The first-order chi connectivity index (χ1) is 7.18. The number of hydrogen-bond acceptors (Lipinski definition) is 3. The van der Waals surface area contributed by atoms with Crippen molar-refractivity contribution in [3.63, 3.8) is 0 Å². The molecule has 0 amide bonds. The summed E-state index contributed by atoms with van der Waals surface area (Å²) in [5.74, 6) is 0.601. The second-order valence-electron chi connectivity index (χ2n) is 4.90. The van der Waals surface area contributed by atoms with Crippen LogP contribution in [0.2, 0.25) is 0 Å². The lowest BCUT2D eigenvalue weighted by atomic mass is 9.68. The maximum atomic E-state index is 11.0. The van der Waals surface area contributed by atoms with Crippen LogP contribution in [0.5, 0.6) is 0 Å². The van der Waals surface area contributed by atoms with Gasteiger partial charge in [-0.2, -0.15) is 0 Å². The molecule has 2 fully saturated rings. The molecule has 15 heavy (non-hydrogen) atoms. The van der Waals surface area contributed by atoms with E-state index in [0.29, 0.717) is 11.8 Å². The highest BCUT2D eigenvalue weighted by Crippen LogP contribution is 2.41. The molecule has 4 atom stereocenters. The molecule has 2 aliphatic carbocycles. The van der Waals surface area contributed by atoms with Crippen LogP contribution in [0.25, 0.3) is 0 Å². The second-order valence-corrected chi connectivity index (χ2v) is 4.90. The lowest BCUT2D eigenvalue weighted by Gasteiger charge is -2.43. The fourth-order valence-corrected chi connectivity index (χ4v) is 3.25. The Balaban J connectivity index is 2.03. The minimum absolute atomic E-state index is 0.0659. The molecule has 0 aromatic carbocycles. The topological polar surface area (TPSA) is 46.5 Å². The van der Waals surface area contributed by atoms with Gasteiger partial charge >= 0.3 is 5.97 Å². The van der Waals surface area contributed by atoms with E-state index in [1.807, 2.05) is 0 Å². The van der Waals surface area contributed by atoms with Crippen molar-refractivity contribution in [2.75, 3.05) is 0 Å². The van der Waals surface area contributed by atoms with Gasteiger partial charge in [0.2, 0.25) is 0 Å². The van der Waals surface area contributed by atoms with Crippen molar-refractivity contribution in [1.29, 1.82) is 0 Å². The molecule has 0 aromatic heterocycles. The Labute approximate surface area is 90.8 Å². The Bertz CT molecular complexity index is 239. The molecule has 2 unspecified atom stereocenters. The summed E-state index contributed by atoms with van der Waals surface area (Å²) in [6.45, 7) is 1.48. The Morgan fingerprint density at radius 3 is 2.47 bits per heavy atom. The van der Waals surface area contributed by atoms with E-state index in [4.69, 9.17) is 4.74 Å². The molecule has 0 saturated heterocycles. The molecule has 2 saturated carbocycles. The van der Waals surface area contributed by atoms with Gasteiger partial charge in [0.15, 0.2) is 0 Å². The van der Waals surface area contributed by atoms with Crippen molar-refractivity contribution in [3.05, 3.63) is 0 Å². The number of carbonyl (C=O) groups excluding carboxylic acids is 1.